The molecule has 0 aromatic rings. The summed E-state index contributed by atoms with van der Waals surface area (Å²) in [6, 6.07) is 0.373. The van der Waals surface area contributed by atoms with E-state index in [9.17, 15) is 0 Å². The van der Waals surface area contributed by atoms with Gasteiger partial charge in [0.25, 0.3) is 0 Å². The molecule has 0 aromatic heterocycles. The molecule has 7 unspecified atom stereocenters. The summed E-state index contributed by atoms with van der Waals surface area (Å²) < 4.78 is 0. The summed E-state index contributed by atoms with van der Waals surface area (Å²) >= 11 is 0. The second-order valence-electron chi connectivity index (χ2n) is 8.68. The van der Waals surface area contributed by atoms with E-state index in [0.29, 0.717) is 17.9 Å². The van der Waals surface area contributed by atoms with Crippen molar-refractivity contribution >= 4 is 0 Å². The minimum Gasteiger partial charge on any atom is -0.327 e. The van der Waals surface area contributed by atoms with Crippen LogP contribution >= 0.6 is 0 Å². The lowest BCUT2D eigenvalue weighted by Gasteiger charge is -2.44. The lowest BCUT2D eigenvalue weighted by Crippen LogP contribution is -2.44. The van der Waals surface area contributed by atoms with Crippen LogP contribution in [-0.2, 0) is 0 Å². The first-order chi connectivity index (χ1) is 9.77. The van der Waals surface area contributed by atoms with Crippen molar-refractivity contribution in [2.24, 2.45) is 47.2 Å². The topological polar surface area (TPSA) is 26.0 Å². The highest BCUT2D eigenvalue weighted by atomic mass is 14.7. The SMILES string of the molecule is CCCC1CC(C)C(C)CC1C(C)C(N)C(C)CC(C)C. The maximum atomic E-state index is 6.68. The molecule has 2 N–H and O–H groups in total. The van der Waals surface area contributed by atoms with Crippen LogP contribution in [0.2, 0.25) is 0 Å². The van der Waals surface area contributed by atoms with Crippen molar-refractivity contribution in [1.82, 2.24) is 0 Å². The van der Waals surface area contributed by atoms with Gasteiger partial charge in [0.2, 0.25) is 0 Å². The molecule has 0 amide bonds. The van der Waals surface area contributed by atoms with E-state index < -0.39 is 0 Å². The largest absolute Gasteiger partial charge is 0.327 e. The van der Waals surface area contributed by atoms with Crippen LogP contribution < -0.4 is 5.73 Å². The van der Waals surface area contributed by atoms with Crippen molar-refractivity contribution in [3.05, 3.63) is 0 Å². The fourth-order valence-electron chi connectivity index (χ4n) is 4.79. The van der Waals surface area contributed by atoms with Gasteiger partial charge in [0.1, 0.15) is 0 Å². The predicted molar refractivity (Wildman–Crippen MR) is 95.2 cm³/mol. The molecule has 1 fully saturated rings. The highest BCUT2D eigenvalue weighted by molar-refractivity contribution is 4.89. The smallest absolute Gasteiger partial charge is 0.00932 e. The molecule has 0 aromatic carbocycles. The van der Waals surface area contributed by atoms with E-state index in [1.54, 1.807) is 0 Å². The van der Waals surface area contributed by atoms with Crippen molar-refractivity contribution in [2.45, 2.75) is 86.6 Å². The Morgan fingerprint density at radius 3 is 2.10 bits per heavy atom. The van der Waals surface area contributed by atoms with Gasteiger partial charge < -0.3 is 5.73 Å². The van der Waals surface area contributed by atoms with Crippen molar-refractivity contribution < 1.29 is 0 Å². The van der Waals surface area contributed by atoms with E-state index in [0.717, 1.165) is 29.6 Å². The van der Waals surface area contributed by atoms with Crippen LogP contribution in [0, 0.1) is 41.4 Å². The Hall–Kier alpha value is -0.0400. The molecule has 0 radical (unpaired) electrons. The van der Waals surface area contributed by atoms with Crippen molar-refractivity contribution in [1.29, 1.82) is 0 Å². The maximum Gasteiger partial charge on any atom is 0.00932 e. The normalized spacial score (nSPS) is 34.7. The Kier molecular flexibility index (Phi) is 7.74. The number of rotatable bonds is 7. The zero-order valence-corrected chi connectivity index (χ0v) is 15.7. The third kappa shape index (κ3) is 5.27. The van der Waals surface area contributed by atoms with E-state index >= 15 is 0 Å². The molecule has 126 valence electrons. The lowest BCUT2D eigenvalue weighted by molar-refractivity contribution is 0.0658. The molecule has 7 atom stereocenters. The Morgan fingerprint density at radius 1 is 1.00 bits per heavy atom. The summed E-state index contributed by atoms with van der Waals surface area (Å²) in [6.07, 6.45) is 6.82. The van der Waals surface area contributed by atoms with Crippen LogP contribution in [0.25, 0.3) is 0 Å². The third-order valence-electron chi connectivity index (χ3n) is 6.34. The molecule has 1 heteroatoms. The fourth-order valence-corrected chi connectivity index (χ4v) is 4.79. The molecule has 0 heterocycles. The molecular formula is C20H41N. The molecule has 1 aliphatic carbocycles. The van der Waals surface area contributed by atoms with Gasteiger partial charge in [-0.15, -0.1) is 0 Å². The summed E-state index contributed by atoms with van der Waals surface area (Å²) in [5, 5.41) is 0. The molecule has 0 spiro atoms. The van der Waals surface area contributed by atoms with Gasteiger partial charge >= 0.3 is 0 Å². The van der Waals surface area contributed by atoms with Gasteiger partial charge in [0.15, 0.2) is 0 Å². The van der Waals surface area contributed by atoms with E-state index in [1.165, 1.54) is 32.1 Å². The van der Waals surface area contributed by atoms with Gasteiger partial charge in [-0.05, 0) is 60.7 Å². The Bertz CT molecular complexity index is 286. The zero-order chi connectivity index (χ0) is 16.2. The van der Waals surface area contributed by atoms with Crippen LogP contribution in [0.15, 0.2) is 0 Å². The minimum atomic E-state index is 0.373. The second kappa shape index (κ2) is 8.56. The highest BCUT2D eigenvalue weighted by Gasteiger charge is 2.38. The molecule has 21 heavy (non-hydrogen) atoms. The van der Waals surface area contributed by atoms with E-state index in [4.69, 9.17) is 5.73 Å². The molecule has 0 aliphatic heterocycles. The maximum absolute atomic E-state index is 6.68. The summed E-state index contributed by atoms with van der Waals surface area (Å²) in [6.45, 7) is 16.7. The fraction of sp³-hybridized carbons (Fsp3) is 1.00. The number of nitrogens with two attached hydrogens (primary N) is 1. The summed E-state index contributed by atoms with van der Waals surface area (Å²) in [4.78, 5) is 0. The van der Waals surface area contributed by atoms with Gasteiger partial charge in [-0.2, -0.15) is 0 Å². The van der Waals surface area contributed by atoms with E-state index in [1.807, 2.05) is 0 Å². The summed E-state index contributed by atoms with van der Waals surface area (Å²) in [5.41, 5.74) is 6.68. The molecule has 1 nitrogen and oxygen atoms in total. The van der Waals surface area contributed by atoms with Crippen molar-refractivity contribution in [2.75, 3.05) is 0 Å². The highest BCUT2D eigenvalue weighted by Crippen LogP contribution is 2.44. The predicted octanol–water partition coefficient (Wildman–Crippen LogP) is 5.73. The average molecular weight is 296 g/mol. The molecule has 1 saturated carbocycles. The van der Waals surface area contributed by atoms with Crippen LogP contribution in [0.1, 0.15) is 80.6 Å². The molecular weight excluding hydrogens is 254 g/mol. The van der Waals surface area contributed by atoms with E-state index in [2.05, 4.69) is 48.5 Å². The van der Waals surface area contributed by atoms with Crippen LogP contribution in [-0.4, -0.2) is 6.04 Å². The molecule has 0 bridgehead atoms. The van der Waals surface area contributed by atoms with Crippen molar-refractivity contribution in [3.8, 4) is 0 Å². The standard InChI is InChI=1S/C20H41N/c1-8-9-18-11-14(4)15(5)12-19(18)17(7)20(21)16(6)10-13(2)3/h13-20H,8-12,21H2,1-7H3. The Balaban J connectivity index is 2.73. The van der Waals surface area contributed by atoms with Gasteiger partial charge in [0.05, 0.1) is 0 Å². The first-order valence-corrected chi connectivity index (χ1v) is 9.53. The minimum absolute atomic E-state index is 0.373. The number of hydrogen-bond acceptors (Lipinski definition) is 1. The quantitative estimate of drug-likeness (QED) is 0.637. The van der Waals surface area contributed by atoms with Gasteiger partial charge in [-0.3, -0.25) is 0 Å². The van der Waals surface area contributed by atoms with Crippen molar-refractivity contribution in [3.63, 3.8) is 0 Å². The second-order valence-corrected chi connectivity index (χ2v) is 8.68. The first-order valence-electron chi connectivity index (χ1n) is 9.53. The van der Waals surface area contributed by atoms with Gasteiger partial charge in [0, 0.05) is 6.04 Å². The summed E-state index contributed by atoms with van der Waals surface area (Å²) in [5.74, 6) is 5.61. The van der Waals surface area contributed by atoms with Crippen LogP contribution in [0.5, 0.6) is 0 Å². The number of hydrogen-bond donors (Lipinski definition) is 1. The molecule has 0 saturated heterocycles. The first kappa shape index (κ1) is 19.0. The average Bonchev–Trinajstić information content (AvgIpc) is 2.40. The third-order valence-corrected chi connectivity index (χ3v) is 6.34. The zero-order valence-electron chi connectivity index (χ0n) is 15.7. The monoisotopic (exact) mass is 295 g/mol. The van der Waals surface area contributed by atoms with Crippen LogP contribution in [0.4, 0.5) is 0 Å². The van der Waals surface area contributed by atoms with Gasteiger partial charge in [-0.25, -0.2) is 0 Å². The summed E-state index contributed by atoms with van der Waals surface area (Å²) in [7, 11) is 0. The molecule has 1 aliphatic rings. The molecule has 1 rings (SSSR count). The van der Waals surface area contributed by atoms with E-state index in [-0.39, 0.29) is 0 Å². The van der Waals surface area contributed by atoms with Crippen LogP contribution in [0.3, 0.4) is 0 Å². The lowest BCUT2D eigenvalue weighted by atomic mass is 9.62. The Morgan fingerprint density at radius 2 is 1.57 bits per heavy atom. The van der Waals surface area contributed by atoms with Gasteiger partial charge in [-0.1, -0.05) is 61.3 Å². The Labute approximate surface area is 134 Å².